The molecule has 4 N–H and O–H groups in total. The summed E-state index contributed by atoms with van der Waals surface area (Å²) in [6.45, 7) is 0.357. The second-order valence-corrected chi connectivity index (χ2v) is 13.0. The molecule has 0 radical (unpaired) electrons. The van der Waals surface area contributed by atoms with Gasteiger partial charge in [0.05, 0.1) is 28.9 Å². The topological polar surface area (TPSA) is 155 Å². The Morgan fingerprint density at radius 1 is 1.12 bits per heavy atom. The number of nitrogens with zero attached hydrogens (tertiary/aromatic N) is 2. The summed E-state index contributed by atoms with van der Waals surface area (Å²) in [6, 6.07) is 14.8. The first-order valence-electron chi connectivity index (χ1n) is 12.3. The number of rotatable bonds is 11. The van der Waals surface area contributed by atoms with Crippen LogP contribution >= 0.6 is 22.9 Å². The van der Waals surface area contributed by atoms with E-state index in [1.165, 1.54) is 19.2 Å². The Morgan fingerprint density at radius 2 is 1.81 bits per heavy atom. The van der Waals surface area contributed by atoms with Crippen molar-refractivity contribution in [2.75, 3.05) is 18.4 Å². The van der Waals surface area contributed by atoms with Gasteiger partial charge in [0.15, 0.2) is 11.4 Å². The van der Waals surface area contributed by atoms with Crippen LogP contribution in [-0.2, 0) is 37.4 Å². The van der Waals surface area contributed by atoms with Gasteiger partial charge >= 0.3 is 12.1 Å². The number of thiophene rings is 1. The number of methoxy groups -OCH3 is 1. The van der Waals surface area contributed by atoms with E-state index >= 15 is 0 Å². The first-order chi connectivity index (χ1) is 20.2. The molecular formula is C26H25ClF3N5O6S2. The molecule has 0 bridgehead atoms. The van der Waals surface area contributed by atoms with E-state index in [1.807, 2.05) is 0 Å². The first-order valence-corrected chi connectivity index (χ1v) is 15.0. The van der Waals surface area contributed by atoms with Gasteiger partial charge in [-0.05, 0) is 42.3 Å². The SMILES string of the molecule is COc1cccc2c1c(NS(=O)(=O)c1ccc(Cl)s1)nn2Cc1cccc(CNC(=O)C(C)(CN)OC(=O)C(F)(F)F)c1. The molecule has 43 heavy (non-hydrogen) atoms. The quantitative estimate of drug-likeness (QED) is 0.204. The van der Waals surface area contributed by atoms with Gasteiger partial charge in [0.2, 0.25) is 0 Å². The molecule has 0 fully saturated rings. The van der Waals surface area contributed by atoms with Crippen LogP contribution in [0.5, 0.6) is 5.75 Å². The third-order valence-electron chi connectivity index (χ3n) is 6.20. The molecule has 17 heteroatoms. The van der Waals surface area contributed by atoms with Gasteiger partial charge in [-0.2, -0.15) is 18.3 Å². The molecule has 0 aliphatic carbocycles. The van der Waals surface area contributed by atoms with E-state index in [0.29, 0.717) is 32.1 Å². The second kappa shape index (κ2) is 12.4. The third kappa shape index (κ3) is 7.21. The number of ether oxygens (including phenoxy) is 2. The van der Waals surface area contributed by atoms with Crippen molar-refractivity contribution in [3.8, 4) is 5.75 Å². The van der Waals surface area contributed by atoms with Crippen LogP contribution in [0.25, 0.3) is 10.9 Å². The maximum absolute atomic E-state index is 13.0. The molecular weight excluding hydrogens is 635 g/mol. The van der Waals surface area contributed by atoms with Gasteiger partial charge in [-0.25, -0.2) is 13.2 Å². The van der Waals surface area contributed by atoms with E-state index in [9.17, 15) is 31.2 Å². The Morgan fingerprint density at radius 3 is 2.44 bits per heavy atom. The monoisotopic (exact) mass is 659 g/mol. The molecule has 0 aliphatic rings. The van der Waals surface area contributed by atoms with Crippen molar-refractivity contribution in [1.29, 1.82) is 0 Å². The Balaban J connectivity index is 1.56. The summed E-state index contributed by atoms with van der Waals surface area (Å²) in [5, 5.41) is 7.37. The average molecular weight is 660 g/mol. The summed E-state index contributed by atoms with van der Waals surface area (Å²) in [5.41, 5.74) is 5.03. The Hall–Kier alpha value is -3.86. The van der Waals surface area contributed by atoms with Crippen LogP contribution in [0.4, 0.5) is 19.0 Å². The van der Waals surface area contributed by atoms with Gasteiger partial charge in [0, 0.05) is 13.1 Å². The minimum atomic E-state index is -5.29. The fraction of sp³-hybridized carbons (Fsp3) is 0.269. The molecule has 2 aromatic heterocycles. The van der Waals surface area contributed by atoms with Crippen molar-refractivity contribution >= 4 is 61.6 Å². The molecule has 1 amide bonds. The molecule has 0 spiro atoms. The summed E-state index contributed by atoms with van der Waals surface area (Å²) >= 11 is 6.81. The minimum Gasteiger partial charge on any atom is -0.496 e. The highest BCUT2D eigenvalue weighted by atomic mass is 35.5. The number of anilines is 1. The Bertz CT molecular complexity index is 1780. The number of benzene rings is 2. The fourth-order valence-electron chi connectivity index (χ4n) is 4.00. The van der Waals surface area contributed by atoms with Crippen molar-refractivity contribution in [1.82, 2.24) is 15.1 Å². The summed E-state index contributed by atoms with van der Waals surface area (Å²) < 4.78 is 78.2. The van der Waals surface area contributed by atoms with E-state index in [1.54, 1.807) is 47.1 Å². The van der Waals surface area contributed by atoms with E-state index in [4.69, 9.17) is 22.1 Å². The first kappa shape index (κ1) is 32.1. The number of alkyl halides is 3. The standard InChI is InChI=1S/C26H25ClF3N5O6S2/c1-25(14-31,41-24(37)26(28,29)30)23(36)32-12-15-5-3-6-16(11-15)13-35-17-7-4-8-18(40-2)21(17)22(33-35)34-43(38,39)20-10-9-19(27)42-20/h3-11H,12-14,31H2,1-2H3,(H,32,36)(H,33,34). The van der Waals surface area contributed by atoms with Crippen molar-refractivity contribution in [2.45, 2.75) is 36.0 Å². The number of nitrogens with two attached hydrogens (primary N) is 1. The zero-order valence-corrected chi connectivity index (χ0v) is 25.0. The number of aromatic nitrogens is 2. The molecule has 2 aromatic carbocycles. The lowest BCUT2D eigenvalue weighted by Crippen LogP contribution is -2.54. The minimum absolute atomic E-state index is 0.00347. The van der Waals surface area contributed by atoms with E-state index < -0.39 is 40.2 Å². The van der Waals surface area contributed by atoms with Crippen LogP contribution < -0.4 is 20.5 Å². The molecule has 1 atom stereocenters. The van der Waals surface area contributed by atoms with E-state index in [2.05, 4.69) is 19.9 Å². The van der Waals surface area contributed by atoms with Gasteiger partial charge in [0.25, 0.3) is 15.9 Å². The molecule has 230 valence electrons. The molecule has 0 saturated carbocycles. The number of carbonyl (C=O) groups is 2. The predicted molar refractivity (Wildman–Crippen MR) is 153 cm³/mol. The summed E-state index contributed by atoms with van der Waals surface area (Å²) in [4.78, 5) is 23.9. The zero-order chi connectivity index (χ0) is 31.6. The predicted octanol–water partition coefficient (Wildman–Crippen LogP) is 4.05. The van der Waals surface area contributed by atoms with Crippen LogP contribution in [0.15, 0.2) is 58.8 Å². The number of nitrogens with one attached hydrogen (secondary N) is 2. The smallest absolute Gasteiger partial charge is 0.490 e. The number of esters is 1. The summed E-state index contributed by atoms with van der Waals surface area (Å²) in [5.74, 6) is -3.11. The number of halogens is 4. The maximum atomic E-state index is 13.0. The number of hydrogen-bond donors (Lipinski definition) is 3. The lowest BCUT2D eigenvalue weighted by Gasteiger charge is -2.27. The highest BCUT2D eigenvalue weighted by Gasteiger charge is 2.47. The molecule has 0 aliphatic heterocycles. The van der Waals surface area contributed by atoms with Crippen molar-refractivity contribution in [3.05, 3.63) is 70.1 Å². The van der Waals surface area contributed by atoms with Gasteiger partial charge in [0.1, 0.15) is 9.96 Å². The van der Waals surface area contributed by atoms with Crippen molar-refractivity contribution in [2.24, 2.45) is 5.73 Å². The lowest BCUT2D eigenvalue weighted by molar-refractivity contribution is -0.212. The molecule has 4 rings (SSSR count). The number of amides is 1. The van der Waals surface area contributed by atoms with E-state index in [0.717, 1.165) is 18.3 Å². The largest absolute Gasteiger partial charge is 0.496 e. The molecule has 0 saturated heterocycles. The Kier molecular flexibility index (Phi) is 9.24. The Labute approximate surface area is 252 Å². The molecule has 2 heterocycles. The number of carbonyl (C=O) groups excluding carboxylic acids is 2. The van der Waals surface area contributed by atoms with Crippen molar-refractivity contribution < 1.29 is 40.7 Å². The summed E-state index contributed by atoms with van der Waals surface area (Å²) in [7, 11) is -2.57. The van der Waals surface area contributed by atoms with Gasteiger partial charge in [-0.3, -0.25) is 14.2 Å². The summed E-state index contributed by atoms with van der Waals surface area (Å²) in [6.07, 6.45) is -5.29. The van der Waals surface area contributed by atoms with Crippen LogP contribution in [-0.4, -0.2) is 55.5 Å². The van der Waals surface area contributed by atoms with Crippen molar-refractivity contribution in [3.63, 3.8) is 0 Å². The average Bonchev–Trinajstić information content (AvgIpc) is 3.55. The number of fused-ring (bicyclic) bond motifs is 1. The molecule has 11 nitrogen and oxygen atoms in total. The molecule has 4 aromatic rings. The lowest BCUT2D eigenvalue weighted by atomic mass is 10.1. The third-order valence-corrected chi connectivity index (χ3v) is 9.26. The van der Waals surface area contributed by atoms with Gasteiger partial charge < -0.3 is 20.5 Å². The van der Waals surface area contributed by atoms with Gasteiger partial charge in [-0.1, -0.05) is 41.9 Å². The van der Waals surface area contributed by atoms with Crippen LogP contribution in [0.2, 0.25) is 4.34 Å². The normalized spacial score (nSPS) is 13.4. The van der Waals surface area contributed by atoms with Gasteiger partial charge in [-0.15, -0.1) is 11.3 Å². The number of sulfonamides is 1. The number of hydrogen-bond acceptors (Lipinski definition) is 9. The second-order valence-electron chi connectivity index (χ2n) is 9.35. The molecule has 1 unspecified atom stereocenters. The van der Waals surface area contributed by atoms with Crippen LogP contribution in [0, 0.1) is 0 Å². The zero-order valence-electron chi connectivity index (χ0n) is 22.6. The maximum Gasteiger partial charge on any atom is 0.490 e. The fourth-order valence-corrected chi connectivity index (χ4v) is 6.49. The van der Waals surface area contributed by atoms with E-state index in [-0.39, 0.29) is 23.1 Å². The van der Waals surface area contributed by atoms with Crippen LogP contribution in [0.1, 0.15) is 18.1 Å². The van der Waals surface area contributed by atoms with Crippen LogP contribution in [0.3, 0.4) is 0 Å². The highest BCUT2D eigenvalue weighted by molar-refractivity contribution is 7.94. The highest BCUT2D eigenvalue weighted by Crippen LogP contribution is 2.35.